The van der Waals surface area contributed by atoms with Gasteiger partial charge in [-0.15, -0.1) is 11.8 Å². The quantitative estimate of drug-likeness (QED) is 0.830. The zero-order valence-corrected chi connectivity index (χ0v) is 10.7. The number of nitrogens with one attached hydrogen (secondary N) is 1. The molecule has 2 rings (SSSR count). The highest BCUT2D eigenvalue weighted by Gasteiger charge is 2.13. The first-order chi connectivity index (χ1) is 8.65. The number of carboxylic acids is 1. The van der Waals surface area contributed by atoms with Gasteiger partial charge in [-0.3, -0.25) is 5.10 Å². The first kappa shape index (κ1) is 12.5. The van der Waals surface area contributed by atoms with Gasteiger partial charge in [-0.2, -0.15) is 5.10 Å². The monoisotopic (exact) mass is 264 g/mol. The second-order valence-electron chi connectivity index (χ2n) is 3.54. The van der Waals surface area contributed by atoms with Crippen LogP contribution in [0.1, 0.15) is 10.5 Å². The van der Waals surface area contributed by atoms with Gasteiger partial charge in [-0.1, -0.05) is 0 Å². The topological polar surface area (TPSA) is 75.2 Å². The molecule has 0 radical (unpaired) electrons. The second kappa shape index (κ2) is 5.14. The van der Waals surface area contributed by atoms with Crippen LogP contribution in [0.5, 0.6) is 5.75 Å². The number of aromatic nitrogens is 2. The second-order valence-corrected chi connectivity index (χ2v) is 4.42. The van der Waals surface area contributed by atoms with Crippen LogP contribution in [0.4, 0.5) is 0 Å². The van der Waals surface area contributed by atoms with E-state index in [9.17, 15) is 4.79 Å². The van der Waals surface area contributed by atoms with E-state index < -0.39 is 5.97 Å². The highest BCUT2D eigenvalue weighted by molar-refractivity contribution is 7.98. The fraction of sp³-hybridized carbons (Fsp3) is 0.167. The number of nitrogens with zero attached hydrogens (tertiary/aromatic N) is 1. The van der Waals surface area contributed by atoms with Crippen LogP contribution in [0.2, 0.25) is 0 Å². The first-order valence-corrected chi connectivity index (χ1v) is 6.39. The summed E-state index contributed by atoms with van der Waals surface area (Å²) >= 11 is 1.60. The van der Waals surface area contributed by atoms with Crippen molar-refractivity contribution >= 4 is 17.7 Å². The molecule has 1 aromatic heterocycles. The Balaban J connectivity index is 2.50. The van der Waals surface area contributed by atoms with Crippen molar-refractivity contribution in [2.45, 2.75) is 4.90 Å². The number of carboxylic acid groups (broad SMARTS) is 1. The molecule has 0 aliphatic carbocycles. The molecule has 0 atom stereocenters. The third-order valence-corrected chi connectivity index (χ3v) is 3.22. The van der Waals surface area contributed by atoms with Crippen molar-refractivity contribution < 1.29 is 14.6 Å². The van der Waals surface area contributed by atoms with E-state index in [0.29, 0.717) is 11.4 Å². The van der Waals surface area contributed by atoms with Gasteiger partial charge in [0.1, 0.15) is 11.4 Å². The molecule has 0 amide bonds. The molecule has 0 spiro atoms. The molecular formula is C12H12N2O3S. The zero-order chi connectivity index (χ0) is 13.1. The van der Waals surface area contributed by atoms with Crippen molar-refractivity contribution in [3.8, 4) is 17.0 Å². The number of ether oxygens (including phenoxy) is 1. The molecule has 94 valence electrons. The van der Waals surface area contributed by atoms with E-state index >= 15 is 0 Å². The number of methoxy groups -OCH3 is 1. The van der Waals surface area contributed by atoms with Crippen LogP contribution < -0.4 is 4.74 Å². The number of benzene rings is 1. The van der Waals surface area contributed by atoms with Crippen molar-refractivity contribution in [2.24, 2.45) is 0 Å². The molecule has 0 aliphatic rings. The lowest BCUT2D eigenvalue weighted by Gasteiger charge is -2.07. The SMILES string of the molecule is COc1ccc(SC)cc1-c1cc(C(=O)O)[nH]n1. The summed E-state index contributed by atoms with van der Waals surface area (Å²) in [6.45, 7) is 0. The summed E-state index contributed by atoms with van der Waals surface area (Å²) in [6, 6.07) is 7.20. The van der Waals surface area contributed by atoms with Crippen LogP contribution in [0.25, 0.3) is 11.3 Å². The fourth-order valence-electron chi connectivity index (χ4n) is 1.58. The van der Waals surface area contributed by atoms with Crippen LogP contribution in [-0.4, -0.2) is 34.6 Å². The Morgan fingerprint density at radius 2 is 2.22 bits per heavy atom. The number of H-pyrrole nitrogens is 1. The molecule has 0 unspecified atom stereocenters. The third-order valence-electron chi connectivity index (χ3n) is 2.49. The van der Waals surface area contributed by atoms with E-state index in [1.165, 1.54) is 6.07 Å². The van der Waals surface area contributed by atoms with E-state index in [0.717, 1.165) is 10.5 Å². The van der Waals surface area contributed by atoms with Crippen LogP contribution in [0, 0.1) is 0 Å². The zero-order valence-electron chi connectivity index (χ0n) is 9.93. The molecule has 0 saturated carbocycles. The lowest BCUT2D eigenvalue weighted by Crippen LogP contribution is -1.95. The van der Waals surface area contributed by atoms with E-state index in [4.69, 9.17) is 9.84 Å². The first-order valence-electron chi connectivity index (χ1n) is 5.17. The van der Waals surface area contributed by atoms with Gasteiger partial charge in [0.05, 0.1) is 12.8 Å². The Morgan fingerprint density at radius 3 is 2.78 bits per heavy atom. The largest absolute Gasteiger partial charge is 0.496 e. The maximum atomic E-state index is 10.8. The lowest BCUT2D eigenvalue weighted by molar-refractivity contribution is 0.0690. The molecule has 0 saturated heterocycles. The fourth-order valence-corrected chi connectivity index (χ4v) is 2.02. The highest BCUT2D eigenvalue weighted by Crippen LogP contribution is 2.32. The van der Waals surface area contributed by atoms with Gasteiger partial charge in [0.2, 0.25) is 0 Å². The molecular weight excluding hydrogens is 252 g/mol. The average Bonchev–Trinajstić information content (AvgIpc) is 2.87. The van der Waals surface area contributed by atoms with Crippen molar-refractivity contribution in [1.29, 1.82) is 0 Å². The molecule has 2 aromatic rings. The number of hydrogen-bond donors (Lipinski definition) is 2. The van der Waals surface area contributed by atoms with E-state index in [-0.39, 0.29) is 5.69 Å². The standard InChI is InChI=1S/C12H12N2O3S/c1-17-11-4-3-7(18-2)5-8(11)9-6-10(12(15)16)14-13-9/h3-6H,1-2H3,(H,13,14)(H,15,16). The van der Waals surface area contributed by atoms with Crippen molar-refractivity contribution in [3.05, 3.63) is 30.0 Å². The van der Waals surface area contributed by atoms with E-state index in [1.807, 2.05) is 24.5 Å². The van der Waals surface area contributed by atoms with Crippen LogP contribution in [0.3, 0.4) is 0 Å². The molecule has 0 fully saturated rings. The minimum absolute atomic E-state index is 0.0570. The molecule has 1 aromatic carbocycles. The van der Waals surface area contributed by atoms with Crippen LogP contribution >= 0.6 is 11.8 Å². The van der Waals surface area contributed by atoms with Gasteiger partial charge in [-0.05, 0) is 30.5 Å². The van der Waals surface area contributed by atoms with Gasteiger partial charge < -0.3 is 9.84 Å². The number of carbonyl (C=O) groups is 1. The minimum Gasteiger partial charge on any atom is -0.496 e. The number of aromatic amines is 1. The summed E-state index contributed by atoms with van der Waals surface area (Å²) in [4.78, 5) is 11.9. The molecule has 1 heterocycles. The molecule has 6 heteroatoms. The maximum absolute atomic E-state index is 10.8. The Labute approximate surface area is 108 Å². The Kier molecular flexibility index (Phi) is 3.57. The number of rotatable bonds is 4. The Bertz CT molecular complexity index is 580. The summed E-state index contributed by atoms with van der Waals surface area (Å²) in [7, 11) is 1.57. The van der Waals surface area contributed by atoms with Gasteiger partial charge in [0, 0.05) is 10.5 Å². The highest BCUT2D eigenvalue weighted by atomic mass is 32.2. The Hall–Kier alpha value is -1.95. The summed E-state index contributed by atoms with van der Waals surface area (Å²) in [5, 5.41) is 15.3. The van der Waals surface area contributed by atoms with Crippen LogP contribution in [-0.2, 0) is 0 Å². The lowest BCUT2D eigenvalue weighted by atomic mass is 10.1. The van der Waals surface area contributed by atoms with Gasteiger partial charge >= 0.3 is 5.97 Å². The van der Waals surface area contributed by atoms with Crippen molar-refractivity contribution in [3.63, 3.8) is 0 Å². The van der Waals surface area contributed by atoms with Crippen LogP contribution in [0.15, 0.2) is 29.2 Å². The predicted molar refractivity (Wildman–Crippen MR) is 69.3 cm³/mol. The molecule has 5 nitrogen and oxygen atoms in total. The third kappa shape index (κ3) is 2.33. The summed E-state index contributed by atoms with van der Waals surface area (Å²) in [6.07, 6.45) is 1.97. The van der Waals surface area contributed by atoms with Gasteiger partial charge in [0.15, 0.2) is 0 Å². The molecule has 0 aliphatic heterocycles. The molecule has 18 heavy (non-hydrogen) atoms. The average molecular weight is 264 g/mol. The molecule has 2 N–H and O–H groups in total. The van der Waals surface area contributed by atoms with E-state index in [2.05, 4.69) is 10.2 Å². The Morgan fingerprint density at radius 1 is 1.44 bits per heavy atom. The van der Waals surface area contributed by atoms with Gasteiger partial charge in [0.25, 0.3) is 0 Å². The predicted octanol–water partition coefficient (Wildman–Crippen LogP) is 2.51. The van der Waals surface area contributed by atoms with Crippen molar-refractivity contribution in [2.75, 3.05) is 13.4 Å². The maximum Gasteiger partial charge on any atom is 0.353 e. The number of hydrogen-bond acceptors (Lipinski definition) is 4. The van der Waals surface area contributed by atoms with E-state index in [1.54, 1.807) is 18.9 Å². The van der Waals surface area contributed by atoms with Gasteiger partial charge in [-0.25, -0.2) is 4.79 Å². The number of thioether (sulfide) groups is 1. The summed E-state index contributed by atoms with van der Waals surface area (Å²) in [5.74, 6) is -0.370. The summed E-state index contributed by atoms with van der Waals surface area (Å²) in [5.41, 5.74) is 1.38. The number of aromatic carboxylic acids is 1. The smallest absolute Gasteiger partial charge is 0.353 e. The minimum atomic E-state index is -1.03. The molecule has 0 bridgehead atoms. The summed E-state index contributed by atoms with van der Waals surface area (Å²) < 4.78 is 5.26. The normalized spacial score (nSPS) is 10.3. The van der Waals surface area contributed by atoms with Crippen molar-refractivity contribution in [1.82, 2.24) is 10.2 Å².